The highest BCUT2D eigenvalue weighted by Gasteiger charge is 2.30. The van der Waals surface area contributed by atoms with Gasteiger partial charge >= 0.3 is 6.18 Å². The van der Waals surface area contributed by atoms with Gasteiger partial charge in [-0.25, -0.2) is 0 Å². The minimum atomic E-state index is -4.36. The second kappa shape index (κ2) is 4.49. The van der Waals surface area contributed by atoms with E-state index in [-0.39, 0.29) is 5.76 Å². The van der Waals surface area contributed by atoms with Crippen molar-refractivity contribution in [3.63, 3.8) is 0 Å². The average molecular weight is 296 g/mol. The molecule has 0 amide bonds. The number of halogens is 3. The Kier molecular flexibility index (Phi) is 2.90. The standard InChI is InChI=1S/C14H7F3O2S/c15-14(16,17)9-1-4-12-8(5-9)6-13(20-12)11-3-2-10(7-18)19-11/h1-7H. The van der Waals surface area contributed by atoms with Crippen LogP contribution >= 0.6 is 11.3 Å². The number of aldehydes is 1. The Labute approximate surface area is 115 Å². The van der Waals surface area contributed by atoms with Crippen molar-refractivity contribution in [2.75, 3.05) is 0 Å². The minimum Gasteiger partial charge on any atom is -0.452 e. The SMILES string of the molecule is O=Cc1ccc(-c2cc3cc(C(F)(F)F)ccc3s2)o1. The number of rotatable bonds is 2. The third-order valence-electron chi connectivity index (χ3n) is 2.83. The van der Waals surface area contributed by atoms with E-state index >= 15 is 0 Å². The lowest BCUT2D eigenvalue weighted by atomic mass is 10.1. The molecule has 0 atom stereocenters. The maximum Gasteiger partial charge on any atom is 0.416 e. The molecule has 102 valence electrons. The summed E-state index contributed by atoms with van der Waals surface area (Å²) in [5, 5.41) is 0.504. The molecule has 2 heterocycles. The van der Waals surface area contributed by atoms with Crippen molar-refractivity contribution in [1.82, 2.24) is 0 Å². The van der Waals surface area contributed by atoms with Crippen molar-refractivity contribution in [3.05, 3.63) is 47.7 Å². The lowest BCUT2D eigenvalue weighted by molar-refractivity contribution is -0.137. The highest BCUT2D eigenvalue weighted by atomic mass is 32.1. The predicted octanol–water partition coefficient (Wildman–Crippen LogP) is 4.99. The number of carbonyl (C=O) groups is 1. The lowest BCUT2D eigenvalue weighted by Gasteiger charge is -2.05. The summed E-state index contributed by atoms with van der Waals surface area (Å²) >= 11 is 1.32. The predicted molar refractivity (Wildman–Crippen MR) is 69.9 cm³/mol. The van der Waals surface area contributed by atoms with E-state index in [0.29, 0.717) is 22.3 Å². The fourth-order valence-corrected chi connectivity index (χ4v) is 2.89. The van der Waals surface area contributed by atoms with Crippen molar-refractivity contribution in [3.8, 4) is 10.6 Å². The van der Waals surface area contributed by atoms with Crippen molar-refractivity contribution < 1.29 is 22.4 Å². The first-order valence-electron chi connectivity index (χ1n) is 5.63. The van der Waals surface area contributed by atoms with Gasteiger partial charge in [0.15, 0.2) is 12.0 Å². The lowest BCUT2D eigenvalue weighted by Crippen LogP contribution is -2.03. The monoisotopic (exact) mass is 296 g/mol. The molecule has 0 bridgehead atoms. The molecule has 2 nitrogen and oxygen atoms in total. The highest BCUT2D eigenvalue weighted by molar-refractivity contribution is 7.22. The van der Waals surface area contributed by atoms with Gasteiger partial charge in [0.1, 0.15) is 5.76 Å². The van der Waals surface area contributed by atoms with Crippen molar-refractivity contribution in [2.45, 2.75) is 6.18 Å². The van der Waals surface area contributed by atoms with Crippen molar-refractivity contribution in [1.29, 1.82) is 0 Å². The van der Waals surface area contributed by atoms with Gasteiger partial charge in [0.25, 0.3) is 0 Å². The third kappa shape index (κ3) is 2.22. The van der Waals surface area contributed by atoms with Crippen LogP contribution in [0.5, 0.6) is 0 Å². The van der Waals surface area contributed by atoms with Gasteiger partial charge < -0.3 is 4.42 Å². The normalized spacial score (nSPS) is 11.9. The van der Waals surface area contributed by atoms with E-state index in [1.165, 1.54) is 23.5 Å². The van der Waals surface area contributed by atoms with Gasteiger partial charge in [0.05, 0.1) is 10.4 Å². The zero-order chi connectivity index (χ0) is 14.3. The average Bonchev–Trinajstić information content (AvgIpc) is 3.02. The van der Waals surface area contributed by atoms with Gasteiger partial charge in [-0.3, -0.25) is 4.79 Å². The summed E-state index contributed by atoms with van der Waals surface area (Å²) in [4.78, 5) is 11.3. The topological polar surface area (TPSA) is 30.2 Å². The van der Waals surface area contributed by atoms with Crippen molar-refractivity contribution >= 4 is 27.7 Å². The first-order chi connectivity index (χ1) is 9.47. The Hall–Kier alpha value is -2.08. The van der Waals surface area contributed by atoms with E-state index in [2.05, 4.69) is 0 Å². The van der Waals surface area contributed by atoms with Gasteiger partial charge in [0.2, 0.25) is 0 Å². The van der Waals surface area contributed by atoms with Crippen LogP contribution < -0.4 is 0 Å². The zero-order valence-corrected chi connectivity index (χ0v) is 10.7. The number of alkyl halides is 3. The summed E-state index contributed by atoms with van der Waals surface area (Å²) < 4.78 is 43.9. The number of fused-ring (bicyclic) bond motifs is 1. The molecule has 0 radical (unpaired) electrons. The smallest absolute Gasteiger partial charge is 0.416 e. The summed E-state index contributed by atoms with van der Waals surface area (Å²) in [7, 11) is 0. The Morgan fingerprint density at radius 3 is 2.55 bits per heavy atom. The maximum absolute atomic E-state index is 12.6. The van der Waals surface area contributed by atoms with E-state index in [1.54, 1.807) is 12.1 Å². The van der Waals surface area contributed by atoms with E-state index in [0.717, 1.165) is 16.8 Å². The second-order valence-corrected chi connectivity index (χ2v) is 5.26. The van der Waals surface area contributed by atoms with Crippen LogP contribution in [0.25, 0.3) is 20.7 Å². The number of thiophene rings is 1. The summed E-state index contributed by atoms with van der Waals surface area (Å²) in [6.45, 7) is 0. The molecule has 20 heavy (non-hydrogen) atoms. The molecule has 2 aromatic heterocycles. The number of benzene rings is 1. The van der Waals surface area contributed by atoms with Gasteiger partial charge in [-0.15, -0.1) is 11.3 Å². The number of furan rings is 1. The van der Waals surface area contributed by atoms with Crippen LogP contribution in [0.3, 0.4) is 0 Å². The van der Waals surface area contributed by atoms with Crippen molar-refractivity contribution in [2.24, 2.45) is 0 Å². The molecule has 0 saturated carbocycles. The summed E-state index contributed by atoms with van der Waals surface area (Å²) in [5.41, 5.74) is -0.678. The molecule has 3 aromatic rings. The fraction of sp³-hybridized carbons (Fsp3) is 0.0714. The first-order valence-corrected chi connectivity index (χ1v) is 6.45. The molecule has 3 rings (SSSR count). The number of hydrogen-bond acceptors (Lipinski definition) is 3. The maximum atomic E-state index is 12.6. The summed E-state index contributed by atoms with van der Waals surface area (Å²) in [6.07, 6.45) is -3.77. The molecule has 0 N–H and O–H groups in total. The van der Waals surface area contributed by atoms with Crippen LogP contribution in [0, 0.1) is 0 Å². The van der Waals surface area contributed by atoms with Gasteiger partial charge in [-0.05, 0) is 41.8 Å². The quantitative estimate of drug-likeness (QED) is 0.623. The van der Waals surface area contributed by atoms with E-state index < -0.39 is 11.7 Å². The molecule has 6 heteroatoms. The number of carbonyl (C=O) groups excluding carboxylic acids is 1. The van der Waals surface area contributed by atoms with Crippen LogP contribution in [0.15, 0.2) is 40.8 Å². The largest absolute Gasteiger partial charge is 0.452 e. The van der Waals surface area contributed by atoms with Crippen LogP contribution in [-0.4, -0.2) is 6.29 Å². The zero-order valence-electron chi connectivity index (χ0n) is 9.90. The molecule has 0 unspecified atom stereocenters. The first kappa shape index (κ1) is 12.9. The summed E-state index contributed by atoms with van der Waals surface area (Å²) in [6, 6.07) is 8.38. The van der Waals surface area contributed by atoms with Gasteiger partial charge in [-0.2, -0.15) is 13.2 Å². The second-order valence-electron chi connectivity index (χ2n) is 4.18. The van der Waals surface area contributed by atoms with Crippen LogP contribution in [-0.2, 0) is 6.18 Å². The molecule has 0 spiro atoms. The molecule has 0 saturated heterocycles. The molecular formula is C14H7F3O2S. The Bertz CT molecular complexity index is 783. The van der Waals surface area contributed by atoms with E-state index in [1.807, 2.05) is 0 Å². The van der Waals surface area contributed by atoms with E-state index in [9.17, 15) is 18.0 Å². The Morgan fingerprint density at radius 2 is 1.90 bits per heavy atom. The van der Waals surface area contributed by atoms with Crippen LogP contribution in [0.2, 0.25) is 0 Å². The highest BCUT2D eigenvalue weighted by Crippen LogP contribution is 2.37. The Balaban J connectivity index is 2.08. The molecule has 0 fully saturated rings. The molecule has 0 aliphatic rings. The molecular weight excluding hydrogens is 289 g/mol. The number of hydrogen-bond donors (Lipinski definition) is 0. The molecule has 0 aliphatic carbocycles. The molecule has 0 aliphatic heterocycles. The van der Waals surface area contributed by atoms with Crippen LogP contribution in [0.1, 0.15) is 16.1 Å². The summed E-state index contributed by atoms with van der Waals surface area (Å²) in [5.74, 6) is 0.662. The minimum absolute atomic E-state index is 0.188. The third-order valence-corrected chi connectivity index (χ3v) is 3.96. The van der Waals surface area contributed by atoms with Gasteiger partial charge in [0, 0.05) is 4.70 Å². The van der Waals surface area contributed by atoms with E-state index in [4.69, 9.17) is 4.42 Å². The fourth-order valence-electron chi connectivity index (χ4n) is 1.89. The molecule has 1 aromatic carbocycles. The van der Waals surface area contributed by atoms with Crippen LogP contribution in [0.4, 0.5) is 13.2 Å². The van der Waals surface area contributed by atoms with Gasteiger partial charge in [-0.1, -0.05) is 0 Å². The Morgan fingerprint density at radius 1 is 1.10 bits per heavy atom.